The second-order valence-corrected chi connectivity index (χ2v) is 6.71. The van der Waals surface area contributed by atoms with E-state index in [0.717, 1.165) is 32.1 Å². The summed E-state index contributed by atoms with van der Waals surface area (Å²) in [6.45, 7) is 2.19. The minimum absolute atomic E-state index is 0.0573. The van der Waals surface area contributed by atoms with E-state index in [0.29, 0.717) is 5.92 Å². The summed E-state index contributed by atoms with van der Waals surface area (Å²) in [6, 6.07) is 8.66. The predicted octanol–water partition coefficient (Wildman–Crippen LogP) is 2.18. The Morgan fingerprint density at radius 2 is 1.95 bits per heavy atom. The molecule has 0 spiro atoms. The molecule has 2 aliphatic rings. The van der Waals surface area contributed by atoms with Gasteiger partial charge in [0.1, 0.15) is 0 Å². The van der Waals surface area contributed by atoms with Crippen molar-refractivity contribution >= 4 is 5.91 Å². The van der Waals surface area contributed by atoms with Crippen molar-refractivity contribution in [2.75, 3.05) is 0 Å². The van der Waals surface area contributed by atoms with Gasteiger partial charge in [0.2, 0.25) is 5.91 Å². The summed E-state index contributed by atoms with van der Waals surface area (Å²) in [5.41, 5.74) is 8.44. The average molecular weight is 272 g/mol. The molecule has 1 saturated carbocycles. The van der Waals surface area contributed by atoms with Gasteiger partial charge < -0.3 is 11.1 Å². The van der Waals surface area contributed by atoms with Crippen LogP contribution in [0.15, 0.2) is 24.3 Å². The summed E-state index contributed by atoms with van der Waals surface area (Å²) in [5.74, 6) is 0.613. The van der Waals surface area contributed by atoms with Gasteiger partial charge in [0.15, 0.2) is 0 Å². The van der Waals surface area contributed by atoms with E-state index in [1.165, 1.54) is 17.5 Å². The van der Waals surface area contributed by atoms with Crippen LogP contribution in [0.25, 0.3) is 0 Å². The molecule has 2 unspecified atom stereocenters. The van der Waals surface area contributed by atoms with Gasteiger partial charge in [0.25, 0.3) is 0 Å². The topological polar surface area (TPSA) is 55.1 Å². The Morgan fingerprint density at radius 3 is 2.55 bits per heavy atom. The highest BCUT2D eigenvalue weighted by atomic mass is 16.2. The third-order valence-electron chi connectivity index (χ3n) is 4.87. The van der Waals surface area contributed by atoms with Crippen molar-refractivity contribution in [2.24, 2.45) is 11.7 Å². The van der Waals surface area contributed by atoms with Crippen LogP contribution >= 0.6 is 0 Å². The molecular formula is C17H24N2O. The number of nitrogens with two attached hydrogens (primary N) is 1. The highest BCUT2D eigenvalue weighted by Crippen LogP contribution is 2.31. The van der Waals surface area contributed by atoms with Crippen molar-refractivity contribution in [1.29, 1.82) is 0 Å². The minimum Gasteiger partial charge on any atom is -0.351 e. The van der Waals surface area contributed by atoms with Gasteiger partial charge in [0, 0.05) is 6.04 Å². The van der Waals surface area contributed by atoms with E-state index < -0.39 is 5.54 Å². The van der Waals surface area contributed by atoms with Gasteiger partial charge in [-0.1, -0.05) is 44.0 Å². The molecule has 0 bridgehead atoms. The van der Waals surface area contributed by atoms with Gasteiger partial charge in [-0.05, 0) is 42.7 Å². The van der Waals surface area contributed by atoms with Crippen LogP contribution in [0.4, 0.5) is 0 Å². The number of carbonyl (C=O) groups excluding carboxylic acids is 1. The van der Waals surface area contributed by atoms with Crippen molar-refractivity contribution in [3.8, 4) is 0 Å². The van der Waals surface area contributed by atoms with Crippen LogP contribution in [0.5, 0.6) is 0 Å². The minimum atomic E-state index is -0.646. The number of carbonyl (C=O) groups is 1. The average Bonchev–Trinajstić information content (AvgIpc) is 2.80. The van der Waals surface area contributed by atoms with Crippen LogP contribution in [0.3, 0.4) is 0 Å². The fourth-order valence-electron chi connectivity index (χ4n) is 3.79. The first kappa shape index (κ1) is 13.6. The zero-order valence-corrected chi connectivity index (χ0v) is 12.2. The molecule has 3 nitrogen and oxygen atoms in total. The molecule has 3 N–H and O–H groups in total. The molecule has 3 rings (SSSR count). The molecule has 1 aromatic carbocycles. The number of hydrogen-bond acceptors (Lipinski definition) is 2. The number of fused-ring (bicyclic) bond motifs is 1. The Morgan fingerprint density at radius 1 is 1.30 bits per heavy atom. The van der Waals surface area contributed by atoms with Gasteiger partial charge in [-0.2, -0.15) is 0 Å². The van der Waals surface area contributed by atoms with Gasteiger partial charge in [-0.25, -0.2) is 0 Å². The molecular weight excluding hydrogens is 248 g/mol. The molecule has 0 heterocycles. The van der Waals surface area contributed by atoms with E-state index in [-0.39, 0.29) is 11.9 Å². The smallest absolute Gasteiger partial charge is 0.240 e. The molecule has 108 valence electrons. The largest absolute Gasteiger partial charge is 0.351 e. The van der Waals surface area contributed by atoms with Crippen LogP contribution in [0.2, 0.25) is 0 Å². The maximum atomic E-state index is 12.5. The lowest BCUT2D eigenvalue weighted by atomic mass is 9.76. The van der Waals surface area contributed by atoms with Crippen molar-refractivity contribution in [2.45, 2.75) is 57.0 Å². The van der Waals surface area contributed by atoms with Crippen molar-refractivity contribution in [1.82, 2.24) is 5.32 Å². The normalized spacial score (nSPS) is 30.0. The molecule has 20 heavy (non-hydrogen) atoms. The summed E-state index contributed by atoms with van der Waals surface area (Å²) in [7, 11) is 0. The first-order valence-corrected chi connectivity index (χ1v) is 7.73. The standard InChI is InChI=1S/C17H24N2O/c1-12-5-4-8-17(18,11-12)16(20)19-15-9-13-6-2-3-7-14(13)10-15/h2-3,6-7,12,15H,4-5,8-11,18H2,1H3,(H,19,20). The van der Waals surface area contributed by atoms with E-state index in [2.05, 4.69) is 36.5 Å². The zero-order valence-electron chi connectivity index (χ0n) is 12.2. The van der Waals surface area contributed by atoms with Crippen LogP contribution in [-0.4, -0.2) is 17.5 Å². The van der Waals surface area contributed by atoms with Crippen molar-refractivity contribution in [3.63, 3.8) is 0 Å². The Balaban J connectivity index is 1.63. The van der Waals surface area contributed by atoms with Gasteiger partial charge >= 0.3 is 0 Å². The van der Waals surface area contributed by atoms with Gasteiger partial charge in [0.05, 0.1) is 5.54 Å². The predicted molar refractivity (Wildman–Crippen MR) is 80.3 cm³/mol. The molecule has 2 aliphatic carbocycles. The Kier molecular flexibility index (Phi) is 3.55. The number of amides is 1. The van der Waals surface area contributed by atoms with E-state index >= 15 is 0 Å². The zero-order chi connectivity index (χ0) is 14.2. The fraction of sp³-hybridized carbons (Fsp3) is 0.588. The molecule has 0 saturated heterocycles. The molecule has 0 radical (unpaired) electrons. The summed E-state index contributed by atoms with van der Waals surface area (Å²) < 4.78 is 0. The van der Waals surface area contributed by atoms with E-state index in [4.69, 9.17) is 5.73 Å². The fourth-order valence-corrected chi connectivity index (χ4v) is 3.79. The second-order valence-electron chi connectivity index (χ2n) is 6.71. The molecule has 1 fully saturated rings. The first-order valence-electron chi connectivity index (χ1n) is 7.73. The van der Waals surface area contributed by atoms with Crippen LogP contribution < -0.4 is 11.1 Å². The second kappa shape index (κ2) is 5.21. The highest BCUT2D eigenvalue weighted by molar-refractivity contribution is 5.86. The maximum absolute atomic E-state index is 12.5. The lowest BCUT2D eigenvalue weighted by Crippen LogP contribution is -2.58. The lowest BCUT2D eigenvalue weighted by molar-refractivity contribution is -0.128. The SMILES string of the molecule is CC1CCCC(N)(C(=O)NC2Cc3ccccc3C2)C1. The van der Waals surface area contributed by atoms with Crippen molar-refractivity contribution < 1.29 is 4.79 Å². The Labute approximate surface area is 120 Å². The summed E-state index contributed by atoms with van der Waals surface area (Å²) >= 11 is 0. The summed E-state index contributed by atoms with van der Waals surface area (Å²) in [5, 5.41) is 3.19. The molecule has 0 aromatic heterocycles. The summed E-state index contributed by atoms with van der Waals surface area (Å²) in [6.07, 6.45) is 5.78. The van der Waals surface area contributed by atoms with E-state index in [1.807, 2.05) is 0 Å². The van der Waals surface area contributed by atoms with Gasteiger partial charge in [-0.15, -0.1) is 0 Å². The van der Waals surface area contributed by atoms with Gasteiger partial charge in [-0.3, -0.25) is 4.79 Å². The Bertz CT molecular complexity index is 488. The number of benzene rings is 1. The molecule has 2 atom stereocenters. The monoisotopic (exact) mass is 272 g/mol. The molecule has 1 amide bonds. The molecule has 1 aromatic rings. The molecule has 3 heteroatoms. The lowest BCUT2D eigenvalue weighted by Gasteiger charge is -2.36. The summed E-state index contributed by atoms with van der Waals surface area (Å²) in [4.78, 5) is 12.5. The van der Waals surface area contributed by atoms with Crippen molar-refractivity contribution in [3.05, 3.63) is 35.4 Å². The number of hydrogen-bond donors (Lipinski definition) is 2. The third kappa shape index (κ3) is 2.59. The number of rotatable bonds is 2. The van der Waals surface area contributed by atoms with Crippen LogP contribution in [0.1, 0.15) is 43.7 Å². The Hall–Kier alpha value is -1.35. The van der Waals surface area contributed by atoms with Crippen LogP contribution in [-0.2, 0) is 17.6 Å². The molecule has 0 aliphatic heterocycles. The first-order chi connectivity index (χ1) is 9.57. The van der Waals surface area contributed by atoms with E-state index in [9.17, 15) is 4.79 Å². The number of nitrogens with one attached hydrogen (secondary N) is 1. The third-order valence-corrected chi connectivity index (χ3v) is 4.87. The van der Waals surface area contributed by atoms with E-state index in [1.54, 1.807) is 0 Å². The maximum Gasteiger partial charge on any atom is 0.240 e. The van der Waals surface area contributed by atoms with Crippen LogP contribution in [0, 0.1) is 5.92 Å². The highest BCUT2D eigenvalue weighted by Gasteiger charge is 2.39. The quantitative estimate of drug-likeness (QED) is 0.867.